The molecule has 0 atom stereocenters. The van der Waals surface area contributed by atoms with Crippen LogP contribution in [0.1, 0.15) is 31.2 Å². The first-order valence-corrected chi connectivity index (χ1v) is 8.01. The summed E-state index contributed by atoms with van der Waals surface area (Å²) in [5, 5.41) is 16.1. The van der Waals surface area contributed by atoms with Crippen LogP contribution in [-0.2, 0) is 9.59 Å². The number of anilines is 1. The number of carbonyl (C=O) groups is 3. The van der Waals surface area contributed by atoms with E-state index in [9.17, 15) is 24.5 Å². The lowest BCUT2D eigenvalue weighted by Crippen LogP contribution is -2.44. The van der Waals surface area contributed by atoms with Crippen molar-refractivity contribution in [1.82, 2.24) is 10.2 Å². The molecule has 3 rings (SSSR count). The quantitative estimate of drug-likeness (QED) is 0.488. The van der Waals surface area contributed by atoms with Gasteiger partial charge in [0.05, 0.1) is 10.6 Å². The Hall–Kier alpha value is -2.97. The van der Waals surface area contributed by atoms with Gasteiger partial charge in [-0.05, 0) is 25.3 Å². The van der Waals surface area contributed by atoms with Crippen LogP contribution >= 0.6 is 0 Å². The van der Waals surface area contributed by atoms with Crippen molar-refractivity contribution in [2.24, 2.45) is 0 Å². The van der Waals surface area contributed by atoms with Crippen LogP contribution in [0, 0.1) is 17.0 Å². The minimum atomic E-state index is -0.862. The molecule has 0 unspecified atom stereocenters. The Balaban J connectivity index is 1.71. The standard InChI is InChI=1S/C16H18N4O5/c1-10-4-5-11(20(24)25)8-12(10)17-13(21)9-19-14(22)16(18-15(19)23)6-2-3-7-16/h4-5,8H,2-3,6-7,9H2,1H3,(H,17,21)(H,18,23). The molecule has 1 heterocycles. The van der Waals surface area contributed by atoms with Gasteiger partial charge in [0.2, 0.25) is 5.91 Å². The van der Waals surface area contributed by atoms with E-state index in [0.717, 1.165) is 17.7 Å². The van der Waals surface area contributed by atoms with Gasteiger partial charge in [-0.1, -0.05) is 18.9 Å². The zero-order valence-electron chi connectivity index (χ0n) is 13.7. The third kappa shape index (κ3) is 3.04. The summed E-state index contributed by atoms with van der Waals surface area (Å²) in [5.41, 5.74) is -0.0928. The van der Waals surface area contributed by atoms with E-state index in [4.69, 9.17) is 0 Å². The summed E-state index contributed by atoms with van der Waals surface area (Å²) >= 11 is 0. The van der Waals surface area contributed by atoms with E-state index < -0.39 is 28.9 Å². The molecule has 1 aliphatic carbocycles. The van der Waals surface area contributed by atoms with Crippen LogP contribution < -0.4 is 10.6 Å². The number of aryl methyl sites for hydroxylation is 1. The van der Waals surface area contributed by atoms with Crippen LogP contribution in [0.4, 0.5) is 16.2 Å². The van der Waals surface area contributed by atoms with E-state index in [0.29, 0.717) is 18.4 Å². The van der Waals surface area contributed by atoms with E-state index in [1.165, 1.54) is 18.2 Å². The Morgan fingerprint density at radius 2 is 2.04 bits per heavy atom. The first-order valence-electron chi connectivity index (χ1n) is 8.01. The van der Waals surface area contributed by atoms with Gasteiger partial charge in [-0.2, -0.15) is 0 Å². The molecule has 1 aromatic rings. The lowest BCUT2D eigenvalue weighted by atomic mass is 9.98. The number of benzene rings is 1. The molecule has 1 aliphatic heterocycles. The molecule has 4 amide bonds. The lowest BCUT2D eigenvalue weighted by Gasteiger charge is -2.19. The number of carbonyl (C=O) groups excluding carboxylic acids is 3. The molecule has 9 heteroatoms. The fraction of sp³-hybridized carbons (Fsp3) is 0.438. The monoisotopic (exact) mass is 346 g/mol. The largest absolute Gasteiger partial charge is 0.325 e. The summed E-state index contributed by atoms with van der Waals surface area (Å²) in [7, 11) is 0. The Morgan fingerprint density at radius 1 is 1.36 bits per heavy atom. The van der Waals surface area contributed by atoms with Crippen molar-refractivity contribution < 1.29 is 19.3 Å². The van der Waals surface area contributed by atoms with Crippen LogP contribution in [-0.4, -0.2) is 39.8 Å². The molecule has 1 spiro atoms. The predicted octanol–water partition coefficient (Wildman–Crippen LogP) is 1.71. The molecular formula is C16H18N4O5. The summed E-state index contributed by atoms with van der Waals surface area (Å²) in [6, 6.07) is 3.54. The third-order valence-electron chi connectivity index (χ3n) is 4.71. The second-order valence-electron chi connectivity index (χ2n) is 6.42. The third-order valence-corrected chi connectivity index (χ3v) is 4.71. The van der Waals surface area contributed by atoms with Gasteiger partial charge in [0.1, 0.15) is 12.1 Å². The number of rotatable bonds is 4. The molecule has 9 nitrogen and oxygen atoms in total. The SMILES string of the molecule is Cc1ccc([N+](=O)[O-])cc1NC(=O)CN1C(=O)NC2(CCCC2)C1=O. The number of hydrogen-bond donors (Lipinski definition) is 2. The van der Waals surface area contributed by atoms with Crippen LogP contribution in [0.15, 0.2) is 18.2 Å². The molecule has 2 aliphatic rings. The van der Waals surface area contributed by atoms with E-state index >= 15 is 0 Å². The van der Waals surface area contributed by atoms with Crippen molar-refractivity contribution >= 4 is 29.2 Å². The zero-order valence-corrected chi connectivity index (χ0v) is 13.7. The van der Waals surface area contributed by atoms with Crippen molar-refractivity contribution in [2.75, 3.05) is 11.9 Å². The highest BCUT2D eigenvalue weighted by Crippen LogP contribution is 2.35. The average molecular weight is 346 g/mol. The smallest absolute Gasteiger partial charge is 0.324 e. The van der Waals surface area contributed by atoms with Gasteiger partial charge in [-0.25, -0.2) is 4.79 Å². The number of non-ortho nitro benzene ring substituents is 1. The first kappa shape index (κ1) is 16.9. The Kier molecular flexibility index (Phi) is 4.15. The second-order valence-corrected chi connectivity index (χ2v) is 6.42. The number of hydrogen-bond acceptors (Lipinski definition) is 5. The van der Waals surface area contributed by atoms with Crippen LogP contribution in [0.5, 0.6) is 0 Å². The number of urea groups is 1. The molecule has 1 saturated carbocycles. The van der Waals surface area contributed by atoms with Crippen molar-refractivity contribution in [3.8, 4) is 0 Å². The number of amides is 4. The van der Waals surface area contributed by atoms with Gasteiger partial charge < -0.3 is 10.6 Å². The van der Waals surface area contributed by atoms with Gasteiger partial charge in [0.25, 0.3) is 11.6 Å². The molecule has 2 fully saturated rings. The minimum Gasteiger partial charge on any atom is -0.324 e. The van der Waals surface area contributed by atoms with Gasteiger partial charge in [-0.15, -0.1) is 0 Å². The van der Waals surface area contributed by atoms with E-state index in [1.807, 2.05) is 0 Å². The average Bonchev–Trinajstić information content (AvgIpc) is 3.11. The van der Waals surface area contributed by atoms with Crippen LogP contribution in [0.3, 0.4) is 0 Å². The van der Waals surface area contributed by atoms with Crippen molar-refractivity contribution in [3.63, 3.8) is 0 Å². The van der Waals surface area contributed by atoms with E-state index in [1.54, 1.807) is 6.92 Å². The molecule has 0 bridgehead atoms. The van der Waals surface area contributed by atoms with Gasteiger partial charge >= 0.3 is 6.03 Å². The Morgan fingerprint density at radius 3 is 2.68 bits per heavy atom. The Bertz CT molecular complexity index is 770. The summed E-state index contributed by atoms with van der Waals surface area (Å²) in [4.78, 5) is 48.0. The molecule has 1 aromatic carbocycles. The highest BCUT2D eigenvalue weighted by atomic mass is 16.6. The summed E-state index contributed by atoms with van der Waals surface area (Å²) in [5.74, 6) is -0.956. The predicted molar refractivity (Wildman–Crippen MR) is 87.9 cm³/mol. The number of nitrogens with one attached hydrogen (secondary N) is 2. The lowest BCUT2D eigenvalue weighted by molar-refractivity contribution is -0.384. The fourth-order valence-corrected chi connectivity index (χ4v) is 3.33. The molecule has 2 N–H and O–H groups in total. The number of nitrogens with zero attached hydrogens (tertiary/aromatic N) is 2. The topological polar surface area (TPSA) is 122 Å². The van der Waals surface area contributed by atoms with Gasteiger partial charge in [-0.3, -0.25) is 24.6 Å². The molecular weight excluding hydrogens is 328 g/mol. The molecule has 0 aromatic heterocycles. The summed E-state index contributed by atoms with van der Waals surface area (Å²) in [6.45, 7) is 1.27. The minimum absolute atomic E-state index is 0.152. The second kappa shape index (κ2) is 6.15. The van der Waals surface area contributed by atoms with Crippen molar-refractivity contribution in [2.45, 2.75) is 38.1 Å². The molecule has 132 valence electrons. The van der Waals surface area contributed by atoms with Crippen molar-refractivity contribution in [3.05, 3.63) is 33.9 Å². The molecule has 25 heavy (non-hydrogen) atoms. The van der Waals surface area contributed by atoms with Crippen LogP contribution in [0.25, 0.3) is 0 Å². The van der Waals surface area contributed by atoms with Crippen LogP contribution in [0.2, 0.25) is 0 Å². The maximum atomic E-state index is 12.5. The molecule has 1 saturated heterocycles. The van der Waals surface area contributed by atoms with Gasteiger partial charge in [0.15, 0.2) is 0 Å². The Labute approximate surface area is 143 Å². The summed E-state index contributed by atoms with van der Waals surface area (Å²) in [6.07, 6.45) is 2.89. The maximum absolute atomic E-state index is 12.5. The van der Waals surface area contributed by atoms with E-state index in [-0.39, 0.29) is 17.3 Å². The highest BCUT2D eigenvalue weighted by molar-refractivity contribution is 6.10. The van der Waals surface area contributed by atoms with Crippen molar-refractivity contribution in [1.29, 1.82) is 0 Å². The first-order chi connectivity index (χ1) is 11.8. The number of nitro benzene ring substituents is 1. The van der Waals surface area contributed by atoms with Gasteiger partial charge in [0, 0.05) is 12.1 Å². The molecule has 0 radical (unpaired) electrons. The summed E-state index contributed by atoms with van der Waals surface area (Å²) < 4.78 is 0. The fourth-order valence-electron chi connectivity index (χ4n) is 3.33. The number of imide groups is 1. The normalized spacial score (nSPS) is 18.5. The maximum Gasteiger partial charge on any atom is 0.325 e. The van der Waals surface area contributed by atoms with E-state index in [2.05, 4.69) is 10.6 Å². The zero-order chi connectivity index (χ0) is 18.2. The highest BCUT2D eigenvalue weighted by Gasteiger charge is 2.52. The number of nitro groups is 1.